The number of nitrogens with one attached hydrogen (secondary N) is 1. The Morgan fingerprint density at radius 2 is 1.95 bits per heavy atom. The second-order valence-corrected chi connectivity index (χ2v) is 9.70. The molecule has 202 valence electrons. The molecule has 0 bridgehead atoms. The van der Waals surface area contributed by atoms with Crippen LogP contribution in [-0.2, 0) is 15.8 Å². The van der Waals surface area contributed by atoms with Gasteiger partial charge in [-0.3, -0.25) is 29.4 Å². The van der Waals surface area contributed by atoms with Crippen molar-refractivity contribution < 1.29 is 41.6 Å². The van der Waals surface area contributed by atoms with Gasteiger partial charge in [0.1, 0.15) is 23.8 Å². The highest BCUT2D eigenvalue weighted by Crippen LogP contribution is 2.37. The van der Waals surface area contributed by atoms with E-state index in [1.165, 1.54) is 37.5 Å². The summed E-state index contributed by atoms with van der Waals surface area (Å²) in [7, 11) is 1.21. The molecular formula is C24H15BrF3N3O7S. The number of furan rings is 1. The number of nitrogens with zero attached hydrogens (tertiary/aromatic N) is 2. The molecule has 0 spiro atoms. The van der Waals surface area contributed by atoms with E-state index in [1.807, 2.05) is 0 Å². The van der Waals surface area contributed by atoms with Crippen molar-refractivity contribution in [2.45, 2.75) is 6.18 Å². The largest absolute Gasteiger partial charge is 0.495 e. The molecule has 39 heavy (non-hydrogen) atoms. The van der Waals surface area contributed by atoms with E-state index in [-0.39, 0.29) is 27.8 Å². The number of hydrogen-bond donors (Lipinski definition) is 1. The average Bonchev–Trinajstić information content (AvgIpc) is 3.43. The lowest BCUT2D eigenvalue weighted by atomic mass is 10.1. The zero-order valence-electron chi connectivity index (χ0n) is 19.6. The van der Waals surface area contributed by atoms with Crippen LogP contribution in [0.4, 0.5) is 29.3 Å². The molecular weight excluding hydrogens is 611 g/mol. The summed E-state index contributed by atoms with van der Waals surface area (Å²) in [4.78, 5) is 48.7. The number of rotatable bonds is 7. The molecule has 1 fully saturated rings. The van der Waals surface area contributed by atoms with E-state index in [0.29, 0.717) is 38.5 Å². The maximum absolute atomic E-state index is 13.1. The van der Waals surface area contributed by atoms with Crippen LogP contribution in [0.15, 0.2) is 62.3 Å². The van der Waals surface area contributed by atoms with Gasteiger partial charge in [-0.1, -0.05) is 0 Å². The zero-order valence-corrected chi connectivity index (χ0v) is 22.0. The molecule has 0 saturated carbocycles. The maximum Gasteiger partial charge on any atom is 0.416 e. The van der Waals surface area contributed by atoms with Crippen molar-refractivity contribution in [3.05, 3.63) is 79.3 Å². The van der Waals surface area contributed by atoms with E-state index in [0.717, 1.165) is 12.1 Å². The molecule has 2 heterocycles. The number of amides is 3. The number of nitro groups is 1. The Balaban J connectivity index is 1.48. The standard InChI is InChI=1S/C24H15BrF3N3O7S/c1-37-19-6-2-12(24(26,27)28)8-17(19)29-21(32)11-30-22(33)20(39-23(30)34)10-14-4-7-18(38-14)15-5-3-13(31(35)36)9-16(15)25/h2-10H,11H2,1H3,(H,29,32)/b20-10-. The number of halogens is 4. The minimum absolute atomic E-state index is 0.0429. The Kier molecular flexibility index (Phi) is 7.83. The number of alkyl halides is 3. The molecule has 0 radical (unpaired) electrons. The fraction of sp³-hybridized carbons (Fsp3) is 0.125. The summed E-state index contributed by atoms with van der Waals surface area (Å²) in [6, 6.07) is 9.68. The van der Waals surface area contributed by atoms with Gasteiger partial charge in [0.2, 0.25) is 5.91 Å². The highest BCUT2D eigenvalue weighted by molar-refractivity contribution is 9.10. The van der Waals surface area contributed by atoms with E-state index in [4.69, 9.17) is 9.15 Å². The second kappa shape index (κ2) is 10.9. The Labute approximate surface area is 230 Å². The molecule has 10 nitrogen and oxygen atoms in total. The monoisotopic (exact) mass is 625 g/mol. The first-order chi connectivity index (χ1) is 18.4. The van der Waals surface area contributed by atoms with Crippen LogP contribution in [0.1, 0.15) is 11.3 Å². The van der Waals surface area contributed by atoms with Crippen molar-refractivity contribution in [1.82, 2.24) is 4.90 Å². The molecule has 0 atom stereocenters. The van der Waals surface area contributed by atoms with E-state index >= 15 is 0 Å². The summed E-state index contributed by atoms with van der Waals surface area (Å²) in [5.74, 6) is -1.24. The van der Waals surface area contributed by atoms with E-state index in [1.54, 1.807) is 6.07 Å². The third-order valence-electron chi connectivity index (χ3n) is 5.31. The number of carbonyl (C=O) groups is 3. The van der Waals surface area contributed by atoms with Crippen LogP contribution in [-0.4, -0.2) is 40.5 Å². The van der Waals surface area contributed by atoms with Gasteiger partial charge in [0, 0.05) is 28.2 Å². The number of thioether (sulfide) groups is 1. The van der Waals surface area contributed by atoms with Gasteiger partial charge in [0.15, 0.2) is 0 Å². The van der Waals surface area contributed by atoms with Crippen molar-refractivity contribution >= 4 is 62.2 Å². The smallest absolute Gasteiger partial charge is 0.416 e. The Morgan fingerprint density at radius 1 is 1.21 bits per heavy atom. The Morgan fingerprint density at radius 3 is 2.59 bits per heavy atom. The molecule has 1 saturated heterocycles. The topological polar surface area (TPSA) is 132 Å². The number of methoxy groups -OCH3 is 1. The molecule has 15 heteroatoms. The van der Waals surface area contributed by atoms with Crippen molar-refractivity contribution in [3.63, 3.8) is 0 Å². The summed E-state index contributed by atoms with van der Waals surface area (Å²) in [5, 5.41) is 12.4. The van der Waals surface area contributed by atoms with Gasteiger partial charge >= 0.3 is 6.18 Å². The first kappa shape index (κ1) is 27.9. The molecule has 0 aliphatic carbocycles. The highest BCUT2D eigenvalue weighted by atomic mass is 79.9. The highest BCUT2D eigenvalue weighted by Gasteiger charge is 2.37. The quantitative estimate of drug-likeness (QED) is 0.183. The van der Waals surface area contributed by atoms with Crippen LogP contribution in [0.2, 0.25) is 0 Å². The lowest BCUT2D eigenvalue weighted by molar-refractivity contribution is -0.384. The molecule has 3 aromatic rings. The predicted octanol–water partition coefficient (Wildman–Crippen LogP) is 6.32. The number of anilines is 1. The number of benzene rings is 2. The van der Waals surface area contributed by atoms with E-state index in [9.17, 15) is 37.7 Å². The van der Waals surface area contributed by atoms with E-state index in [2.05, 4.69) is 21.2 Å². The second-order valence-electron chi connectivity index (χ2n) is 7.85. The van der Waals surface area contributed by atoms with Gasteiger partial charge in [0.25, 0.3) is 16.8 Å². The van der Waals surface area contributed by atoms with Crippen LogP contribution in [0, 0.1) is 10.1 Å². The van der Waals surface area contributed by atoms with Crippen LogP contribution in [0.5, 0.6) is 5.75 Å². The molecule has 3 amide bonds. The fourth-order valence-electron chi connectivity index (χ4n) is 3.47. The van der Waals surface area contributed by atoms with Gasteiger partial charge in [-0.05, 0) is 64.1 Å². The van der Waals surface area contributed by atoms with Crippen LogP contribution in [0.3, 0.4) is 0 Å². The van der Waals surface area contributed by atoms with Gasteiger partial charge in [0.05, 0.1) is 28.2 Å². The third kappa shape index (κ3) is 6.15. The normalized spacial score (nSPS) is 14.7. The molecule has 2 aromatic carbocycles. The van der Waals surface area contributed by atoms with Crippen LogP contribution in [0.25, 0.3) is 17.4 Å². The molecule has 1 aliphatic heterocycles. The average molecular weight is 626 g/mol. The molecule has 1 N–H and O–H groups in total. The number of ether oxygens (including phenoxy) is 1. The number of non-ortho nitro benzene ring substituents is 1. The van der Waals surface area contributed by atoms with Crippen LogP contribution < -0.4 is 10.1 Å². The summed E-state index contributed by atoms with van der Waals surface area (Å²) in [6.07, 6.45) is -3.37. The first-order valence-electron chi connectivity index (χ1n) is 10.7. The summed E-state index contributed by atoms with van der Waals surface area (Å²) >= 11 is 3.81. The third-order valence-corrected chi connectivity index (χ3v) is 6.87. The maximum atomic E-state index is 13.1. The lowest BCUT2D eigenvalue weighted by Crippen LogP contribution is -2.36. The van der Waals surface area contributed by atoms with Gasteiger partial charge in [-0.25, -0.2) is 0 Å². The van der Waals surface area contributed by atoms with Gasteiger partial charge in [-0.15, -0.1) is 0 Å². The molecule has 4 rings (SSSR count). The summed E-state index contributed by atoms with van der Waals surface area (Å²) < 4.78 is 50.3. The number of hydrogen-bond acceptors (Lipinski definition) is 8. The van der Waals surface area contributed by atoms with Gasteiger partial charge < -0.3 is 14.5 Å². The van der Waals surface area contributed by atoms with Crippen molar-refractivity contribution in [2.24, 2.45) is 0 Å². The minimum Gasteiger partial charge on any atom is -0.495 e. The number of imide groups is 1. The molecule has 1 aromatic heterocycles. The first-order valence-corrected chi connectivity index (χ1v) is 12.3. The minimum atomic E-state index is -4.66. The lowest BCUT2D eigenvalue weighted by Gasteiger charge is -2.16. The predicted molar refractivity (Wildman–Crippen MR) is 138 cm³/mol. The Bertz CT molecular complexity index is 1540. The molecule has 1 aliphatic rings. The number of nitro benzene ring substituents is 1. The van der Waals surface area contributed by atoms with Crippen molar-refractivity contribution in [3.8, 4) is 17.1 Å². The Hall–Kier alpha value is -4.11. The van der Waals surface area contributed by atoms with E-state index < -0.39 is 40.3 Å². The van der Waals surface area contributed by atoms with Crippen LogP contribution >= 0.6 is 27.7 Å². The SMILES string of the molecule is COc1ccc(C(F)(F)F)cc1NC(=O)CN1C(=O)S/C(=C\c2ccc(-c3ccc([N+](=O)[O-])cc3Br)o2)C1=O. The summed E-state index contributed by atoms with van der Waals surface area (Å²) in [5.41, 5.74) is -0.914. The van der Waals surface area contributed by atoms with Crippen molar-refractivity contribution in [2.75, 3.05) is 19.0 Å². The zero-order chi connectivity index (χ0) is 28.5. The fourth-order valence-corrected chi connectivity index (χ4v) is 4.85. The number of carbonyl (C=O) groups excluding carboxylic acids is 3. The van der Waals surface area contributed by atoms with Crippen molar-refractivity contribution in [1.29, 1.82) is 0 Å². The summed E-state index contributed by atoms with van der Waals surface area (Å²) in [6.45, 7) is -0.749. The molecule has 0 unspecified atom stereocenters. The van der Waals surface area contributed by atoms with Gasteiger partial charge in [-0.2, -0.15) is 13.2 Å².